The first-order chi connectivity index (χ1) is 13.7. The normalized spacial score (nSPS) is 24.9. The fourth-order valence-electron chi connectivity index (χ4n) is 4.10. The van der Waals surface area contributed by atoms with Crippen LogP contribution in [0.1, 0.15) is 29.3 Å². The Kier molecular flexibility index (Phi) is 5.47. The van der Waals surface area contributed by atoms with Gasteiger partial charge in [0.05, 0.1) is 6.04 Å². The van der Waals surface area contributed by atoms with Gasteiger partial charge in [0.25, 0.3) is 0 Å². The Balaban J connectivity index is 1.63. The van der Waals surface area contributed by atoms with Crippen LogP contribution in [-0.4, -0.2) is 39.9 Å². The maximum absolute atomic E-state index is 6.13. The van der Waals surface area contributed by atoms with Gasteiger partial charge in [0, 0.05) is 38.7 Å². The molecule has 1 aliphatic heterocycles. The molecular formula is C21H26N6O. The highest BCUT2D eigenvalue weighted by Gasteiger charge is 2.46. The lowest BCUT2D eigenvalue weighted by atomic mass is 9.82. The fourth-order valence-corrected chi connectivity index (χ4v) is 4.10. The average Bonchev–Trinajstić information content (AvgIpc) is 3.19. The van der Waals surface area contributed by atoms with E-state index in [9.17, 15) is 0 Å². The van der Waals surface area contributed by atoms with Gasteiger partial charge in [0.15, 0.2) is 11.5 Å². The Hall–Kier alpha value is -2.61. The average molecular weight is 378 g/mol. The van der Waals surface area contributed by atoms with Gasteiger partial charge >= 0.3 is 0 Å². The Bertz CT molecular complexity index is 884. The maximum Gasteiger partial charge on any atom is 0.160 e. The first-order valence-electron chi connectivity index (χ1n) is 9.58. The zero-order valence-corrected chi connectivity index (χ0v) is 16.2. The molecule has 3 atom stereocenters. The third kappa shape index (κ3) is 3.56. The van der Waals surface area contributed by atoms with E-state index in [2.05, 4.69) is 62.6 Å². The summed E-state index contributed by atoms with van der Waals surface area (Å²) in [5, 5.41) is 19.4. The van der Waals surface area contributed by atoms with Gasteiger partial charge in [0.2, 0.25) is 0 Å². The molecule has 4 rings (SSSR count). The number of nitrogens with one attached hydrogen (secondary N) is 2. The molecule has 0 bridgehead atoms. The van der Waals surface area contributed by atoms with E-state index in [0.717, 1.165) is 30.9 Å². The number of rotatable bonds is 6. The first kappa shape index (κ1) is 18.7. The van der Waals surface area contributed by atoms with E-state index in [1.807, 2.05) is 31.3 Å². The molecule has 0 radical (unpaired) electrons. The van der Waals surface area contributed by atoms with E-state index >= 15 is 0 Å². The molecular weight excluding hydrogens is 352 g/mol. The number of hydrogen-bond donors (Lipinski definition) is 2. The Morgan fingerprint density at radius 2 is 1.86 bits per heavy atom. The summed E-state index contributed by atoms with van der Waals surface area (Å²) >= 11 is 0. The molecule has 28 heavy (non-hydrogen) atoms. The van der Waals surface area contributed by atoms with Crippen LogP contribution in [0.15, 0.2) is 60.7 Å². The van der Waals surface area contributed by atoms with Crippen LogP contribution in [0.4, 0.5) is 0 Å². The summed E-state index contributed by atoms with van der Waals surface area (Å²) in [6, 6.07) is 20.8. The molecule has 0 spiro atoms. The van der Waals surface area contributed by atoms with Gasteiger partial charge in [-0.3, -0.25) is 5.32 Å². The van der Waals surface area contributed by atoms with Crippen molar-refractivity contribution in [3.05, 3.63) is 77.6 Å². The van der Waals surface area contributed by atoms with Crippen molar-refractivity contribution in [3.63, 3.8) is 0 Å². The van der Waals surface area contributed by atoms with E-state index in [4.69, 9.17) is 4.74 Å². The minimum absolute atomic E-state index is 0.0376. The van der Waals surface area contributed by atoms with Gasteiger partial charge < -0.3 is 10.1 Å². The van der Waals surface area contributed by atoms with Gasteiger partial charge in [-0.2, -0.15) is 0 Å². The Morgan fingerprint density at radius 1 is 1.14 bits per heavy atom. The summed E-state index contributed by atoms with van der Waals surface area (Å²) in [4.78, 5) is 0. The van der Waals surface area contributed by atoms with E-state index in [1.54, 1.807) is 11.8 Å². The number of benzene rings is 2. The molecule has 1 saturated heterocycles. The molecule has 1 fully saturated rings. The minimum atomic E-state index is -0.613. The number of piperidine rings is 1. The lowest BCUT2D eigenvalue weighted by Gasteiger charge is -2.46. The van der Waals surface area contributed by atoms with Crippen molar-refractivity contribution >= 4 is 0 Å². The molecule has 2 heterocycles. The molecule has 0 amide bonds. The van der Waals surface area contributed by atoms with Crippen molar-refractivity contribution in [2.24, 2.45) is 7.05 Å². The second-order valence-electron chi connectivity index (χ2n) is 7.20. The molecule has 0 saturated carbocycles. The van der Waals surface area contributed by atoms with Crippen molar-refractivity contribution in [2.45, 2.75) is 30.7 Å². The second kappa shape index (κ2) is 8.18. The molecule has 2 N–H and O–H groups in total. The van der Waals surface area contributed by atoms with Crippen molar-refractivity contribution < 1.29 is 4.74 Å². The van der Waals surface area contributed by atoms with Crippen LogP contribution in [0.5, 0.6) is 0 Å². The van der Waals surface area contributed by atoms with Crippen LogP contribution in [0.3, 0.4) is 0 Å². The number of nitrogens with zero attached hydrogens (tertiary/aromatic N) is 4. The predicted octanol–water partition coefficient (Wildman–Crippen LogP) is 1.94. The highest BCUT2D eigenvalue weighted by Crippen LogP contribution is 2.36. The standard InChI is InChI=1S/C21H26N6O/c1-27-20(24-25-26-27)17-13-19(22-14-16-9-5-3-6-10-16)21(28-2,23-15-17)18-11-7-4-8-12-18/h3-12,17,19,22-23H,13-15H2,1-2H3/t17?,19-,21+/m1/s1. The molecule has 2 aromatic carbocycles. The lowest BCUT2D eigenvalue weighted by Crippen LogP contribution is -2.63. The second-order valence-corrected chi connectivity index (χ2v) is 7.20. The molecule has 1 aliphatic rings. The van der Waals surface area contributed by atoms with Gasteiger partial charge in [-0.25, -0.2) is 4.68 Å². The van der Waals surface area contributed by atoms with Gasteiger partial charge in [-0.1, -0.05) is 60.7 Å². The van der Waals surface area contributed by atoms with Crippen molar-refractivity contribution in [1.29, 1.82) is 0 Å². The molecule has 1 aromatic heterocycles. The van der Waals surface area contributed by atoms with Crippen molar-refractivity contribution in [2.75, 3.05) is 13.7 Å². The zero-order chi connectivity index (χ0) is 19.4. The summed E-state index contributed by atoms with van der Waals surface area (Å²) in [5.41, 5.74) is 1.74. The Morgan fingerprint density at radius 3 is 2.50 bits per heavy atom. The summed E-state index contributed by atoms with van der Waals surface area (Å²) in [7, 11) is 3.65. The maximum atomic E-state index is 6.13. The number of methoxy groups -OCH3 is 1. The van der Waals surface area contributed by atoms with Gasteiger partial charge in [0.1, 0.15) is 0 Å². The molecule has 7 nitrogen and oxygen atoms in total. The summed E-state index contributed by atoms with van der Waals surface area (Å²) in [6.07, 6.45) is 0.858. The predicted molar refractivity (Wildman–Crippen MR) is 106 cm³/mol. The molecule has 3 aromatic rings. The molecule has 7 heteroatoms. The SMILES string of the molecule is CO[C@]1(c2ccccc2)NCC(c2nnnn2C)C[C@H]1NCc1ccccc1. The molecule has 1 unspecified atom stereocenters. The van der Waals surface area contributed by atoms with Crippen LogP contribution in [0, 0.1) is 0 Å². The quantitative estimate of drug-likeness (QED) is 0.683. The number of ether oxygens (including phenoxy) is 1. The van der Waals surface area contributed by atoms with Crippen LogP contribution in [0.25, 0.3) is 0 Å². The molecule has 146 valence electrons. The third-order valence-electron chi connectivity index (χ3n) is 5.56. The number of aryl methyl sites for hydroxylation is 1. The van der Waals surface area contributed by atoms with Gasteiger partial charge in [-0.15, -0.1) is 5.10 Å². The monoisotopic (exact) mass is 378 g/mol. The van der Waals surface area contributed by atoms with Crippen LogP contribution in [0.2, 0.25) is 0 Å². The fraction of sp³-hybridized carbons (Fsp3) is 0.381. The van der Waals surface area contributed by atoms with Crippen molar-refractivity contribution in [3.8, 4) is 0 Å². The first-order valence-corrected chi connectivity index (χ1v) is 9.58. The molecule has 0 aliphatic carbocycles. The van der Waals surface area contributed by atoms with Crippen LogP contribution >= 0.6 is 0 Å². The zero-order valence-electron chi connectivity index (χ0n) is 16.2. The summed E-state index contributed by atoms with van der Waals surface area (Å²) < 4.78 is 7.88. The largest absolute Gasteiger partial charge is 0.358 e. The number of aromatic nitrogens is 4. The highest BCUT2D eigenvalue weighted by atomic mass is 16.5. The summed E-state index contributed by atoms with van der Waals surface area (Å²) in [5.74, 6) is 1.08. The Labute approximate surface area is 165 Å². The van der Waals surface area contributed by atoms with E-state index < -0.39 is 5.72 Å². The van der Waals surface area contributed by atoms with Gasteiger partial charge in [-0.05, 0) is 22.4 Å². The van der Waals surface area contributed by atoms with E-state index in [1.165, 1.54) is 5.56 Å². The smallest absolute Gasteiger partial charge is 0.160 e. The number of tetrazole rings is 1. The van der Waals surface area contributed by atoms with Crippen LogP contribution < -0.4 is 10.6 Å². The summed E-state index contributed by atoms with van der Waals surface area (Å²) in [6.45, 7) is 1.50. The highest BCUT2D eigenvalue weighted by molar-refractivity contribution is 5.27. The van der Waals surface area contributed by atoms with E-state index in [-0.39, 0.29) is 12.0 Å². The lowest BCUT2D eigenvalue weighted by molar-refractivity contribution is -0.0942. The topological polar surface area (TPSA) is 76.9 Å². The minimum Gasteiger partial charge on any atom is -0.358 e. The van der Waals surface area contributed by atoms with Crippen LogP contribution in [-0.2, 0) is 24.1 Å². The van der Waals surface area contributed by atoms with E-state index in [0.29, 0.717) is 0 Å². The third-order valence-corrected chi connectivity index (χ3v) is 5.56. The van der Waals surface area contributed by atoms with Crippen molar-refractivity contribution in [1.82, 2.24) is 30.8 Å². The number of hydrogen-bond acceptors (Lipinski definition) is 6.